The van der Waals surface area contributed by atoms with Crippen molar-refractivity contribution < 1.29 is 19.1 Å². The molecule has 190 valence electrons. The lowest BCUT2D eigenvalue weighted by Crippen LogP contribution is -2.48. The number of likely N-dealkylation sites (N-methyl/N-ethyl adjacent to an activating group) is 1. The third kappa shape index (κ3) is 6.55. The molecule has 2 aliphatic rings. The van der Waals surface area contributed by atoms with Gasteiger partial charge in [-0.3, -0.25) is 14.4 Å². The maximum Gasteiger partial charge on any atom is 0.243 e. The van der Waals surface area contributed by atoms with Crippen LogP contribution >= 0.6 is 0 Å². The monoisotopic (exact) mass is 476 g/mol. The molecule has 3 heterocycles. The largest absolute Gasteiger partial charge is 0.381 e. The highest BCUT2D eigenvalue weighted by Crippen LogP contribution is 2.22. The summed E-state index contributed by atoms with van der Waals surface area (Å²) in [5.74, 6) is 1.41. The first-order chi connectivity index (χ1) is 16.2. The molecule has 0 aliphatic carbocycles. The first-order valence-electron chi connectivity index (χ1n) is 12.5. The smallest absolute Gasteiger partial charge is 0.243 e. The van der Waals surface area contributed by atoms with Crippen molar-refractivity contribution in [3.8, 4) is 0 Å². The topological polar surface area (TPSA) is 110 Å². The lowest BCUT2D eigenvalue weighted by atomic mass is 9.98. The van der Waals surface area contributed by atoms with Gasteiger partial charge in [0.15, 0.2) is 0 Å². The Morgan fingerprint density at radius 2 is 1.88 bits per heavy atom. The number of fused-ring (bicyclic) bond motifs is 1. The van der Waals surface area contributed by atoms with Crippen molar-refractivity contribution in [3.63, 3.8) is 0 Å². The zero-order chi connectivity index (χ0) is 24.8. The summed E-state index contributed by atoms with van der Waals surface area (Å²) < 4.78 is 7.27. The van der Waals surface area contributed by atoms with E-state index in [0.717, 1.165) is 12.8 Å². The van der Waals surface area contributed by atoms with Crippen molar-refractivity contribution in [2.24, 2.45) is 11.8 Å². The number of aryl methyl sites for hydroxylation is 1. The highest BCUT2D eigenvalue weighted by molar-refractivity contribution is 5.87. The molecule has 0 unspecified atom stereocenters. The summed E-state index contributed by atoms with van der Waals surface area (Å²) in [6.45, 7) is 10.4. The van der Waals surface area contributed by atoms with Gasteiger partial charge in [-0.25, -0.2) is 9.67 Å². The van der Waals surface area contributed by atoms with E-state index in [0.29, 0.717) is 63.3 Å². The Morgan fingerprint density at radius 1 is 1.18 bits per heavy atom. The molecule has 2 aliphatic heterocycles. The minimum Gasteiger partial charge on any atom is -0.381 e. The number of hydrogen-bond acceptors (Lipinski definition) is 6. The number of aromatic nitrogens is 3. The van der Waals surface area contributed by atoms with Crippen LogP contribution in [0.1, 0.15) is 70.6 Å². The molecule has 1 N–H and O–H groups in total. The second-order valence-electron chi connectivity index (χ2n) is 9.93. The van der Waals surface area contributed by atoms with Gasteiger partial charge in [-0.15, -0.1) is 0 Å². The molecule has 0 bridgehead atoms. The number of nitrogens with one attached hydrogen (secondary N) is 1. The molecule has 10 heteroatoms. The van der Waals surface area contributed by atoms with Gasteiger partial charge in [0.25, 0.3) is 0 Å². The van der Waals surface area contributed by atoms with E-state index in [1.165, 1.54) is 4.90 Å². The van der Waals surface area contributed by atoms with Crippen LogP contribution in [0, 0.1) is 18.8 Å². The van der Waals surface area contributed by atoms with E-state index in [1.54, 1.807) is 14.0 Å². The fourth-order valence-electron chi connectivity index (χ4n) is 4.63. The molecule has 1 saturated heterocycles. The van der Waals surface area contributed by atoms with Crippen LogP contribution in [0.25, 0.3) is 0 Å². The zero-order valence-electron chi connectivity index (χ0n) is 21.2. The molecule has 0 saturated carbocycles. The second kappa shape index (κ2) is 11.8. The van der Waals surface area contributed by atoms with Crippen LogP contribution in [0.5, 0.6) is 0 Å². The van der Waals surface area contributed by atoms with E-state index >= 15 is 0 Å². The quantitative estimate of drug-likeness (QED) is 0.711. The molecule has 3 amide bonds. The Balaban J connectivity index is 1.90. The van der Waals surface area contributed by atoms with Crippen molar-refractivity contribution in [1.82, 2.24) is 29.9 Å². The maximum atomic E-state index is 13.3. The highest BCUT2D eigenvalue weighted by Gasteiger charge is 2.30. The molecule has 0 aromatic carbocycles. The first kappa shape index (κ1) is 26.1. The molecule has 1 aromatic rings. The van der Waals surface area contributed by atoms with Gasteiger partial charge >= 0.3 is 0 Å². The standard InChI is InChI=1S/C24H40N6O4/c1-16(2)15-20-22-25-18(4)27-30(22)12-11-29(24(33)19-8-13-34-14-9-19)10-6-7-21(31)28(5)17(3)23(32)26-20/h16-17,19-20H,6-15H2,1-5H3,(H,26,32)/t17-,20+/m0/s1. The number of nitrogens with zero attached hydrogens (tertiary/aromatic N) is 5. The van der Waals surface area contributed by atoms with Gasteiger partial charge in [0.2, 0.25) is 17.7 Å². The number of carbonyl (C=O) groups is 3. The predicted octanol–water partition coefficient (Wildman–Crippen LogP) is 1.69. The minimum absolute atomic E-state index is 0.0454. The first-order valence-corrected chi connectivity index (χ1v) is 12.5. The van der Waals surface area contributed by atoms with E-state index in [1.807, 2.05) is 16.5 Å². The van der Waals surface area contributed by atoms with E-state index in [2.05, 4.69) is 29.2 Å². The number of ether oxygens (including phenoxy) is 1. The van der Waals surface area contributed by atoms with Gasteiger partial charge in [0, 0.05) is 45.7 Å². The summed E-state index contributed by atoms with van der Waals surface area (Å²) in [7, 11) is 1.66. The molecule has 34 heavy (non-hydrogen) atoms. The predicted molar refractivity (Wildman–Crippen MR) is 127 cm³/mol. The summed E-state index contributed by atoms with van der Waals surface area (Å²) >= 11 is 0. The Bertz CT molecular complexity index is 864. The molecule has 1 fully saturated rings. The number of hydrogen-bond donors (Lipinski definition) is 1. The van der Waals surface area contributed by atoms with E-state index < -0.39 is 6.04 Å². The van der Waals surface area contributed by atoms with Crippen LogP contribution in [0.4, 0.5) is 0 Å². The van der Waals surface area contributed by atoms with Crippen LogP contribution in [0.15, 0.2) is 0 Å². The van der Waals surface area contributed by atoms with Gasteiger partial charge in [0.05, 0.1) is 12.6 Å². The zero-order valence-corrected chi connectivity index (χ0v) is 21.2. The van der Waals surface area contributed by atoms with E-state index in [9.17, 15) is 14.4 Å². The molecule has 10 nitrogen and oxygen atoms in total. The Kier molecular flexibility index (Phi) is 9.04. The van der Waals surface area contributed by atoms with E-state index in [-0.39, 0.29) is 36.1 Å². The van der Waals surface area contributed by atoms with Gasteiger partial charge in [-0.1, -0.05) is 13.8 Å². The third-order valence-electron chi connectivity index (χ3n) is 6.78. The van der Waals surface area contributed by atoms with Gasteiger partial charge in [0.1, 0.15) is 17.7 Å². The number of amides is 3. The average molecular weight is 477 g/mol. The molecule has 1 aromatic heterocycles. The SMILES string of the molecule is Cc1nc2n(n1)CCN(C(=O)C1CCOCC1)CCCC(=O)N(C)[C@@H](C)C(=O)N[C@@H]2CC(C)C. The second-order valence-corrected chi connectivity index (χ2v) is 9.93. The molecule has 3 rings (SSSR count). The van der Waals surface area contributed by atoms with Crippen LogP contribution in [-0.4, -0.2) is 81.7 Å². The summed E-state index contributed by atoms with van der Waals surface area (Å²) in [5.41, 5.74) is 0. The number of carbonyl (C=O) groups excluding carboxylic acids is 3. The maximum absolute atomic E-state index is 13.3. The summed E-state index contributed by atoms with van der Waals surface area (Å²) in [4.78, 5) is 47.2. The van der Waals surface area contributed by atoms with Crippen molar-refractivity contribution in [2.75, 3.05) is 33.4 Å². The van der Waals surface area contributed by atoms with Gasteiger partial charge in [-0.05, 0) is 45.4 Å². The molecular formula is C24H40N6O4. The number of rotatable bonds is 3. The Labute approximate surface area is 202 Å². The van der Waals surface area contributed by atoms with Crippen LogP contribution in [0.3, 0.4) is 0 Å². The summed E-state index contributed by atoms with van der Waals surface area (Å²) in [6, 6.07) is -0.940. The van der Waals surface area contributed by atoms with Crippen LogP contribution in [-0.2, 0) is 25.7 Å². The summed E-state index contributed by atoms with van der Waals surface area (Å²) in [6.07, 6.45) is 2.98. The molecule has 0 radical (unpaired) electrons. The lowest BCUT2D eigenvalue weighted by molar-refractivity contribution is -0.140. The van der Waals surface area contributed by atoms with Gasteiger partial charge < -0.3 is 19.9 Å². The van der Waals surface area contributed by atoms with Crippen LogP contribution < -0.4 is 5.32 Å². The Hall–Kier alpha value is -2.49. The minimum atomic E-state index is -0.609. The average Bonchev–Trinajstić information content (AvgIpc) is 3.19. The van der Waals surface area contributed by atoms with Crippen molar-refractivity contribution in [3.05, 3.63) is 11.6 Å². The summed E-state index contributed by atoms with van der Waals surface area (Å²) in [5, 5.41) is 7.70. The van der Waals surface area contributed by atoms with Crippen molar-refractivity contribution in [2.45, 2.75) is 78.4 Å². The lowest BCUT2D eigenvalue weighted by Gasteiger charge is -2.31. The Morgan fingerprint density at radius 3 is 2.56 bits per heavy atom. The van der Waals surface area contributed by atoms with Gasteiger partial charge in [-0.2, -0.15) is 5.10 Å². The highest BCUT2D eigenvalue weighted by atomic mass is 16.5. The molecule has 0 spiro atoms. The normalized spacial score (nSPS) is 24.1. The third-order valence-corrected chi connectivity index (χ3v) is 6.78. The molecule has 2 atom stereocenters. The van der Waals surface area contributed by atoms with Crippen molar-refractivity contribution >= 4 is 17.7 Å². The van der Waals surface area contributed by atoms with Crippen LogP contribution in [0.2, 0.25) is 0 Å². The fraction of sp³-hybridized carbons (Fsp3) is 0.792. The van der Waals surface area contributed by atoms with E-state index in [4.69, 9.17) is 4.74 Å². The molecular weight excluding hydrogens is 436 g/mol. The fourth-order valence-corrected chi connectivity index (χ4v) is 4.63. The van der Waals surface area contributed by atoms with Crippen molar-refractivity contribution in [1.29, 1.82) is 0 Å².